The molecule has 0 aliphatic heterocycles. The Hall–Kier alpha value is -1.30. The number of aryl methyl sites for hydroxylation is 1. The van der Waals surface area contributed by atoms with Gasteiger partial charge < -0.3 is 5.32 Å². The molecular weight excluding hydrogens is 325 g/mol. The number of halogens is 1. The summed E-state index contributed by atoms with van der Waals surface area (Å²) in [6, 6.07) is 6.36. The number of benzene rings is 1. The third-order valence-electron chi connectivity index (χ3n) is 2.51. The molecule has 0 saturated carbocycles. The van der Waals surface area contributed by atoms with Crippen molar-refractivity contribution < 1.29 is 0 Å². The lowest BCUT2D eigenvalue weighted by Crippen LogP contribution is -1.98. The molecule has 3 nitrogen and oxygen atoms in total. The standard InChI is InChI=1S/C13H14IN3/c1-3-17-9-11(8-16-17)7-15-12-5-4-10(2)13(14)6-12/h3-6,8-9,15H,1,7H2,2H3. The predicted octanol–water partition coefficient (Wildman–Crippen LogP) is 3.51. The number of nitrogens with one attached hydrogen (secondary N) is 1. The first kappa shape index (κ1) is 12.2. The van der Waals surface area contributed by atoms with E-state index in [1.807, 2.05) is 12.4 Å². The SMILES string of the molecule is C=Cn1cc(CNc2ccc(C)c(I)c2)cn1. The van der Waals surface area contributed by atoms with Gasteiger partial charge in [0.2, 0.25) is 0 Å². The van der Waals surface area contributed by atoms with E-state index < -0.39 is 0 Å². The third kappa shape index (κ3) is 3.09. The molecule has 0 spiro atoms. The lowest BCUT2D eigenvalue weighted by atomic mass is 10.2. The fraction of sp³-hybridized carbons (Fsp3) is 0.154. The van der Waals surface area contributed by atoms with Gasteiger partial charge in [0.05, 0.1) is 6.20 Å². The van der Waals surface area contributed by atoms with E-state index in [4.69, 9.17) is 0 Å². The molecule has 0 atom stereocenters. The van der Waals surface area contributed by atoms with Crippen LogP contribution in [0.5, 0.6) is 0 Å². The van der Waals surface area contributed by atoms with Gasteiger partial charge in [0.1, 0.15) is 0 Å². The van der Waals surface area contributed by atoms with Crippen molar-refractivity contribution in [1.82, 2.24) is 9.78 Å². The molecule has 2 rings (SSSR count). The molecule has 1 N–H and O–H groups in total. The molecular formula is C13H14IN3. The number of hydrogen-bond donors (Lipinski definition) is 1. The van der Waals surface area contributed by atoms with Crippen LogP contribution in [0.15, 0.2) is 37.2 Å². The Labute approximate surface area is 115 Å². The Morgan fingerprint density at radius 3 is 3.00 bits per heavy atom. The van der Waals surface area contributed by atoms with Gasteiger partial charge in [0.15, 0.2) is 0 Å². The first-order chi connectivity index (χ1) is 8.19. The normalized spacial score (nSPS) is 10.2. The lowest BCUT2D eigenvalue weighted by molar-refractivity contribution is 0.936. The van der Waals surface area contributed by atoms with Gasteiger partial charge in [-0.15, -0.1) is 0 Å². The molecule has 2 aromatic rings. The average Bonchev–Trinajstić information content (AvgIpc) is 2.79. The summed E-state index contributed by atoms with van der Waals surface area (Å²) in [5, 5.41) is 7.51. The van der Waals surface area contributed by atoms with Crippen molar-refractivity contribution in [3.8, 4) is 0 Å². The van der Waals surface area contributed by atoms with Crippen LogP contribution in [0.4, 0.5) is 5.69 Å². The molecule has 17 heavy (non-hydrogen) atoms. The van der Waals surface area contributed by atoms with E-state index in [0.717, 1.165) is 17.8 Å². The molecule has 1 aromatic heterocycles. The van der Waals surface area contributed by atoms with Crippen LogP contribution in [0.25, 0.3) is 6.20 Å². The monoisotopic (exact) mass is 339 g/mol. The van der Waals surface area contributed by atoms with Crippen molar-refractivity contribution in [1.29, 1.82) is 0 Å². The molecule has 88 valence electrons. The molecule has 0 amide bonds. The Morgan fingerprint density at radius 1 is 1.53 bits per heavy atom. The fourth-order valence-electron chi connectivity index (χ4n) is 1.48. The summed E-state index contributed by atoms with van der Waals surface area (Å²) < 4.78 is 2.98. The van der Waals surface area contributed by atoms with Gasteiger partial charge in [0, 0.05) is 33.8 Å². The van der Waals surface area contributed by atoms with Crippen molar-refractivity contribution in [3.05, 3.63) is 51.9 Å². The van der Waals surface area contributed by atoms with Gasteiger partial charge in [-0.2, -0.15) is 5.10 Å². The molecule has 0 aliphatic rings. The van der Waals surface area contributed by atoms with Crippen molar-refractivity contribution in [2.75, 3.05) is 5.32 Å². The van der Waals surface area contributed by atoms with Gasteiger partial charge in [-0.3, -0.25) is 0 Å². The zero-order valence-electron chi connectivity index (χ0n) is 9.65. The number of rotatable bonds is 4. The summed E-state index contributed by atoms with van der Waals surface area (Å²) in [7, 11) is 0. The van der Waals surface area contributed by atoms with Crippen LogP contribution in [-0.4, -0.2) is 9.78 Å². The maximum atomic E-state index is 4.14. The second-order valence-electron chi connectivity index (χ2n) is 3.83. The van der Waals surface area contributed by atoms with Crippen molar-refractivity contribution >= 4 is 34.5 Å². The number of nitrogens with zero attached hydrogens (tertiary/aromatic N) is 2. The molecule has 1 aromatic carbocycles. The minimum Gasteiger partial charge on any atom is -0.381 e. The molecule has 0 bridgehead atoms. The first-order valence-corrected chi connectivity index (χ1v) is 6.42. The fourth-order valence-corrected chi connectivity index (χ4v) is 1.99. The Kier molecular flexibility index (Phi) is 3.83. The molecule has 1 heterocycles. The second-order valence-corrected chi connectivity index (χ2v) is 4.99. The van der Waals surface area contributed by atoms with Gasteiger partial charge in [-0.25, -0.2) is 4.68 Å². The second kappa shape index (κ2) is 5.35. The maximum Gasteiger partial charge on any atom is 0.0543 e. The lowest BCUT2D eigenvalue weighted by Gasteiger charge is -2.06. The quantitative estimate of drug-likeness (QED) is 0.864. The minimum absolute atomic E-state index is 0.771. The highest BCUT2D eigenvalue weighted by atomic mass is 127. The Balaban J connectivity index is 2.01. The Morgan fingerprint density at radius 2 is 2.35 bits per heavy atom. The highest BCUT2D eigenvalue weighted by molar-refractivity contribution is 14.1. The zero-order chi connectivity index (χ0) is 12.3. The number of hydrogen-bond acceptors (Lipinski definition) is 2. The largest absolute Gasteiger partial charge is 0.381 e. The summed E-state index contributed by atoms with van der Waals surface area (Å²) in [6.07, 6.45) is 5.48. The smallest absolute Gasteiger partial charge is 0.0543 e. The van der Waals surface area contributed by atoms with Crippen molar-refractivity contribution in [3.63, 3.8) is 0 Å². The van der Waals surface area contributed by atoms with Crippen molar-refractivity contribution in [2.45, 2.75) is 13.5 Å². The Bertz CT molecular complexity index is 531. The van der Waals surface area contributed by atoms with Crippen LogP contribution >= 0.6 is 22.6 Å². The first-order valence-electron chi connectivity index (χ1n) is 5.34. The summed E-state index contributed by atoms with van der Waals surface area (Å²) in [5.41, 5.74) is 3.57. The van der Waals surface area contributed by atoms with Gasteiger partial charge in [-0.1, -0.05) is 12.6 Å². The van der Waals surface area contributed by atoms with Crippen molar-refractivity contribution in [2.24, 2.45) is 0 Å². The van der Waals surface area contributed by atoms with Gasteiger partial charge >= 0.3 is 0 Å². The summed E-state index contributed by atoms with van der Waals surface area (Å²) in [5.74, 6) is 0. The molecule has 0 unspecified atom stereocenters. The van der Waals surface area contributed by atoms with Crippen LogP contribution in [-0.2, 0) is 6.54 Å². The summed E-state index contributed by atoms with van der Waals surface area (Å²) in [4.78, 5) is 0. The van der Waals surface area contributed by atoms with E-state index in [0.29, 0.717) is 0 Å². The topological polar surface area (TPSA) is 29.9 Å². The molecule has 0 radical (unpaired) electrons. The van der Waals surface area contributed by atoms with E-state index in [1.165, 1.54) is 9.13 Å². The van der Waals surface area contributed by atoms with E-state index in [-0.39, 0.29) is 0 Å². The zero-order valence-corrected chi connectivity index (χ0v) is 11.8. The predicted molar refractivity (Wildman–Crippen MR) is 79.8 cm³/mol. The number of anilines is 1. The van der Waals surface area contributed by atoms with Crippen LogP contribution < -0.4 is 5.32 Å². The van der Waals surface area contributed by atoms with Crippen LogP contribution in [0.3, 0.4) is 0 Å². The molecule has 4 heteroatoms. The highest BCUT2D eigenvalue weighted by Crippen LogP contribution is 2.17. The highest BCUT2D eigenvalue weighted by Gasteiger charge is 1.99. The molecule has 0 aliphatic carbocycles. The molecule has 0 saturated heterocycles. The number of aromatic nitrogens is 2. The average molecular weight is 339 g/mol. The van der Waals surface area contributed by atoms with Crippen LogP contribution in [0.1, 0.15) is 11.1 Å². The van der Waals surface area contributed by atoms with Gasteiger partial charge in [0.25, 0.3) is 0 Å². The van der Waals surface area contributed by atoms with E-state index in [2.05, 4.69) is 64.7 Å². The van der Waals surface area contributed by atoms with Crippen LogP contribution in [0.2, 0.25) is 0 Å². The van der Waals surface area contributed by atoms with E-state index in [1.54, 1.807) is 10.9 Å². The minimum atomic E-state index is 0.771. The van der Waals surface area contributed by atoms with E-state index >= 15 is 0 Å². The van der Waals surface area contributed by atoms with Gasteiger partial charge in [-0.05, 0) is 47.2 Å². The maximum absolute atomic E-state index is 4.14. The van der Waals surface area contributed by atoms with Crippen LogP contribution in [0, 0.1) is 10.5 Å². The van der Waals surface area contributed by atoms with E-state index in [9.17, 15) is 0 Å². The summed E-state index contributed by atoms with van der Waals surface area (Å²) >= 11 is 2.34. The third-order valence-corrected chi connectivity index (χ3v) is 3.67. The molecule has 0 fully saturated rings. The summed E-state index contributed by atoms with van der Waals surface area (Å²) in [6.45, 7) is 6.54.